The number of fused-ring (bicyclic) bond motifs is 3. The van der Waals surface area contributed by atoms with Crippen LogP contribution in [-0.4, -0.2) is 13.2 Å². The van der Waals surface area contributed by atoms with Gasteiger partial charge < -0.3 is 9.47 Å². The standard InChI is InChI=1S/C34H28O2/c1-3-9-30-23-32(17-15-25(30)7-1)35-21-19-28-13-5-11-27-12-6-14-29(34(27)28)20-22-36-33-18-16-26-8-2-4-10-31(26)24-33/h1-18,23-24H,19-22H2. The highest BCUT2D eigenvalue weighted by molar-refractivity contribution is 5.89. The number of hydrogen-bond acceptors (Lipinski definition) is 2. The molecule has 0 fully saturated rings. The van der Waals surface area contributed by atoms with Crippen LogP contribution in [0.3, 0.4) is 0 Å². The van der Waals surface area contributed by atoms with Gasteiger partial charge in [-0.05, 0) is 67.7 Å². The molecule has 176 valence electrons. The second-order valence-electron chi connectivity index (χ2n) is 9.15. The van der Waals surface area contributed by atoms with Gasteiger partial charge in [-0.3, -0.25) is 0 Å². The highest BCUT2D eigenvalue weighted by Gasteiger charge is 2.08. The maximum Gasteiger partial charge on any atom is 0.119 e. The zero-order valence-corrected chi connectivity index (χ0v) is 20.2. The largest absolute Gasteiger partial charge is 0.493 e. The lowest BCUT2D eigenvalue weighted by molar-refractivity contribution is 0.321. The number of benzene rings is 6. The van der Waals surface area contributed by atoms with Crippen molar-refractivity contribution in [3.63, 3.8) is 0 Å². The van der Waals surface area contributed by atoms with Crippen LogP contribution >= 0.6 is 0 Å². The van der Waals surface area contributed by atoms with Crippen LogP contribution in [0.5, 0.6) is 11.5 Å². The Morgan fingerprint density at radius 2 is 0.833 bits per heavy atom. The molecule has 0 aliphatic carbocycles. The van der Waals surface area contributed by atoms with E-state index < -0.39 is 0 Å². The smallest absolute Gasteiger partial charge is 0.119 e. The maximum atomic E-state index is 6.16. The Kier molecular flexibility index (Phi) is 6.24. The quantitative estimate of drug-likeness (QED) is 0.223. The highest BCUT2D eigenvalue weighted by Crippen LogP contribution is 2.26. The van der Waals surface area contributed by atoms with E-state index in [2.05, 4.69) is 121 Å². The molecule has 0 aliphatic rings. The first kappa shape index (κ1) is 22.2. The first-order chi connectivity index (χ1) is 17.8. The minimum absolute atomic E-state index is 0.638. The first-order valence-corrected chi connectivity index (χ1v) is 12.6. The predicted octanol–water partition coefficient (Wildman–Crippen LogP) is 8.39. The predicted molar refractivity (Wildman–Crippen MR) is 150 cm³/mol. The van der Waals surface area contributed by atoms with Crippen molar-refractivity contribution in [1.82, 2.24) is 0 Å². The maximum absolute atomic E-state index is 6.16. The van der Waals surface area contributed by atoms with E-state index in [0.717, 1.165) is 24.3 Å². The van der Waals surface area contributed by atoms with Crippen molar-refractivity contribution < 1.29 is 9.47 Å². The summed E-state index contributed by atoms with van der Waals surface area (Å²) in [5.41, 5.74) is 2.63. The van der Waals surface area contributed by atoms with Crippen LogP contribution in [0.1, 0.15) is 11.1 Å². The fraction of sp³-hybridized carbons (Fsp3) is 0.118. The third-order valence-electron chi connectivity index (χ3n) is 6.80. The summed E-state index contributed by atoms with van der Waals surface area (Å²) in [5, 5.41) is 7.46. The molecule has 0 saturated carbocycles. The molecule has 0 bridgehead atoms. The average Bonchev–Trinajstić information content (AvgIpc) is 2.93. The third kappa shape index (κ3) is 4.76. The topological polar surface area (TPSA) is 18.5 Å². The van der Waals surface area contributed by atoms with Gasteiger partial charge in [-0.15, -0.1) is 0 Å². The molecule has 0 spiro atoms. The van der Waals surface area contributed by atoms with E-state index in [0.29, 0.717) is 13.2 Å². The number of hydrogen-bond donors (Lipinski definition) is 0. The van der Waals surface area contributed by atoms with Crippen LogP contribution in [0.4, 0.5) is 0 Å². The third-order valence-corrected chi connectivity index (χ3v) is 6.80. The van der Waals surface area contributed by atoms with Gasteiger partial charge in [0.2, 0.25) is 0 Å². The lowest BCUT2D eigenvalue weighted by Gasteiger charge is -2.14. The molecule has 2 heteroatoms. The van der Waals surface area contributed by atoms with Gasteiger partial charge in [0.15, 0.2) is 0 Å². The minimum Gasteiger partial charge on any atom is -0.493 e. The number of rotatable bonds is 8. The van der Waals surface area contributed by atoms with E-state index in [-0.39, 0.29) is 0 Å². The van der Waals surface area contributed by atoms with Crippen molar-refractivity contribution in [2.75, 3.05) is 13.2 Å². The molecule has 6 aromatic rings. The van der Waals surface area contributed by atoms with Crippen molar-refractivity contribution in [2.24, 2.45) is 0 Å². The average molecular weight is 469 g/mol. The molecule has 0 radical (unpaired) electrons. The first-order valence-electron chi connectivity index (χ1n) is 12.6. The Morgan fingerprint density at radius 3 is 1.33 bits per heavy atom. The van der Waals surface area contributed by atoms with Crippen molar-refractivity contribution >= 4 is 32.3 Å². The van der Waals surface area contributed by atoms with Crippen LogP contribution in [0.15, 0.2) is 121 Å². The summed E-state index contributed by atoms with van der Waals surface area (Å²) >= 11 is 0. The fourth-order valence-electron chi connectivity index (χ4n) is 4.99. The summed E-state index contributed by atoms with van der Waals surface area (Å²) < 4.78 is 12.3. The van der Waals surface area contributed by atoms with E-state index in [9.17, 15) is 0 Å². The van der Waals surface area contributed by atoms with E-state index >= 15 is 0 Å². The van der Waals surface area contributed by atoms with Gasteiger partial charge in [0.05, 0.1) is 13.2 Å². The van der Waals surface area contributed by atoms with Crippen molar-refractivity contribution in [1.29, 1.82) is 0 Å². The molecule has 0 aromatic heterocycles. The minimum atomic E-state index is 0.638. The lowest BCUT2D eigenvalue weighted by atomic mass is 9.96. The molecule has 6 rings (SSSR count). The summed E-state index contributed by atoms with van der Waals surface area (Å²) in [6, 6.07) is 42.5. The second kappa shape index (κ2) is 10.1. The van der Waals surface area contributed by atoms with Crippen LogP contribution < -0.4 is 9.47 Å². The highest BCUT2D eigenvalue weighted by atomic mass is 16.5. The molecule has 0 N–H and O–H groups in total. The van der Waals surface area contributed by atoms with Crippen LogP contribution in [-0.2, 0) is 12.8 Å². The van der Waals surface area contributed by atoms with Gasteiger partial charge in [-0.25, -0.2) is 0 Å². The molecule has 2 nitrogen and oxygen atoms in total. The molecule has 0 saturated heterocycles. The summed E-state index contributed by atoms with van der Waals surface area (Å²) in [6.45, 7) is 1.28. The Labute approximate surface area is 211 Å². The zero-order chi connectivity index (χ0) is 24.2. The van der Waals surface area contributed by atoms with Gasteiger partial charge in [0, 0.05) is 12.8 Å². The molecule has 0 heterocycles. The second-order valence-corrected chi connectivity index (χ2v) is 9.15. The van der Waals surface area contributed by atoms with Crippen molar-refractivity contribution in [3.05, 3.63) is 132 Å². The molecule has 0 unspecified atom stereocenters. The monoisotopic (exact) mass is 468 g/mol. The Balaban J connectivity index is 1.15. The summed E-state index contributed by atoms with van der Waals surface area (Å²) in [7, 11) is 0. The molecular weight excluding hydrogens is 440 g/mol. The Hall–Kier alpha value is -4.30. The summed E-state index contributed by atoms with van der Waals surface area (Å²) in [5.74, 6) is 1.83. The van der Waals surface area contributed by atoms with Crippen LogP contribution in [0, 0.1) is 0 Å². The Morgan fingerprint density at radius 1 is 0.389 bits per heavy atom. The van der Waals surface area contributed by atoms with E-state index in [1.807, 2.05) is 0 Å². The van der Waals surface area contributed by atoms with Gasteiger partial charge in [-0.1, -0.05) is 97.1 Å². The van der Waals surface area contributed by atoms with E-state index in [1.165, 1.54) is 43.4 Å². The molecule has 6 aromatic carbocycles. The molecule has 0 atom stereocenters. The van der Waals surface area contributed by atoms with Gasteiger partial charge in [0.25, 0.3) is 0 Å². The van der Waals surface area contributed by atoms with Crippen LogP contribution in [0.25, 0.3) is 32.3 Å². The van der Waals surface area contributed by atoms with Gasteiger partial charge in [0.1, 0.15) is 11.5 Å². The lowest BCUT2D eigenvalue weighted by Crippen LogP contribution is -2.05. The van der Waals surface area contributed by atoms with Crippen molar-refractivity contribution in [3.8, 4) is 11.5 Å². The van der Waals surface area contributed by atoms with Gasteiger partial charge >= 0.3 is 0 Å². The SMILES string of the molecule is c1ccc2cc(OCCc3cccc4cccc(CCOc5ccc6ccccc6c5)c34)ccc2c1. The Bertz CT molecular complexity index is 1530. The molecular formula is C34H28O2. The summed E-state index contributed by atoms with van der Waals surface area (Å²) in [6.07, 6.45) is 1.71. The van der Waals surface area contributed by atoms with E-state index in [4.69, 9.17) is 9.47 Å². The molecule has 36 heavy (non-hydrogen) atoms. The molecule has 0 amide bonds. The number of ether oxygens (including phenoxy) is 2. The van der Waals surface area contributed by atoms with Gasteiger partial charge in [-0.2, -0.15) is 0 Å². The fourth-order valence-corrected chi connectivity index (χ4v) is 4.99. The van der Waals surface area contributed by atoms with Crippen LogP contribution in [0.2, 0.25) is 0 Å². The summed E-state index contributed by atoms with van der Waals surface area (Å²) in [4.78, 5) is 0. The van der Waals surface area contributed by atoms with Crippen molar-refractivity contribution in [2.45, 2.75) is 12.8 Å². The molecule has 0 aliphatic heterocycles. The van der Waals surface area contributed by atoms with E-state index in [1.54, 1.807) is 0 Å². The zero-order valence-electron chi connectivity index (χ0n) is 20.2. The normalized spacial score (nSPS) is 11.2.